The Hall–Kier alpha value is -2.21. The van der Waals surface area contributed by atoms with E-state index in [9.17, 15) is 14.7 Å². The van der Waals surface area contributed by atoms with Crippen molar-refractivity contribution in [3.8, 4) is 0 Å². The van der Waals surface area contributed by atoms with E-state index >= 15 is 0 Å². The van der Waals surface area contributed by atoms with E-state index in [1.807, 2.05) is 13.0 Å². The second-order valence-electron chi connectivity index (χ2n) is 5.35. The number of carbonyl (C=O) groups is 2. The number of pyridine rings is 1. The molecular weight excluding hydrogens is 300 g/mol. The van der Waals surface area contributed by atoms with E-state index < -0.39 is 5.97 Å². The molecule has 3 rings (SSSR count). The first-order valence-electron chi connectivity index (χ1n) is 7.18. The van der Waals surface area contributed by atoms with Gasteiger partial charge in [0.15, 0.2) is 0 Å². The van der Waals surface area contributed by atoms with Gasteiger partial charge in [0.25, 0.3) is 5.91 Å². The topological polar surface area (TPSA) is 79.3 Å². The minimum atomic E-state index is -0.948. The van der Waals surface area contributed by atoms with Crippen LogP contribution in [0.3, 0.4) is 0 Å². The van der Waals surface area contributed by atoms with Crippen molar-refractivity contribution < 1.29 is 14.7 Å². The van der Waals surface area contributed by atoms with Gasteiger partial charge in [-0.1, -0.05) is 6.07 Å². The Labute approximate surface area is 132 Å². The minimum absolute atomic E-state index is 0.266. The van der Waals surface area contributed by atoms with Gasteiger partial charge in [-0.05, 0) is 55.4 Å². The molecule has 2 aromatic rings. The zero-order chi connectivity index (χ0) is 15.7. The lowest BCUT2D eigenvalue weighted by atomic mass is 9.92. The molecule has 0 aromatic carbocycles. The van der Waals surface area contributed by atoms with Crippen LogP contribution < -0.4 is 5.32 Å². The molecule has 0 unspecified atom stereocenters. The van der Waals surface area contributed by atoms with Crippen molar-refractivity contribution >= 4 is 29.0 Å². The number of thiophene rings is 1. The molecule has 1 aliphatic rings. The molecule has 0 spiro atoms. The van der Waals surface area contributed by atoms with Crippen LogP contribution in [0, 0.1) is 6.92 Å². The second-order valence-corrected chi connectivity index (χ2v) is 6.37. The third-order valence-electron chi connectivity index (χ3n) is 3.86. The lowest BCUT2D eigenvalue weighted by molar-refractivity contribution is 0.0700. The minimum Gasteiger partial charge on any atom is -0.477 e. The van der Waals surface area contributed by atoms with Gasteiger partial charge in [0.1, 0.15) is 10.7 Å². The first kappa shape index (κ1) is 14.7. The fraction of sp³-hybridized carbons (Fsp3) is 0.312. The second kappa shape index (κ2) is 5.88. The quantitative estimate of drug-likeness (QED) is 0.910. The first-order chi connectivity index (χ1) is 10.6. The number of hydrogen-bond acceptors (Lipinski definition) is 4. The molecule has 22 heavy (non-hydrogen) atoms. The number of carboxylic acids is 1. The van der Waals surface area contributed by atoms with E-state index in [4.69, 9.17) is 0 Å². The van der Waals surface area contributed by atoms with E-state index in [1.54, 1.807) is 12.3 Å². The summed E-state index contributed by atoms with van der Waals surface area (Å²) in [6, 6.07) is 3.68. The number of aryl methyl sites for hydroxylation is 1. The maximum Gasteiger partial charge on any atom is 0.346 e. The standard InChI is InChI=1S/C16H16N2O3S/c1-9-5-4-8-17-14(9)18-15(19)12-10-6-2-3-7-11(10)13(22-12)16(20)21/h4-5,8H,2-3,6-7H2,1H3,(H,20,21)(H,17,18,19). The SMILES string of the molecule is Cc1cccnc1NC(=O)c1sc(C(=O)O)c2c1CCCC2. The van der Waals surface area contributed by atoms with Gasteiger partial charge < -0.3 is 10.4 Å². The van der Waals surface area contributed by atoms with Crippen molar-refractivity contribution in [1.29, 1.82) is 0 Å². The van der Waals surface area contributed by atoms with Crippen molar-refractivity contribution in [2.24, 2.45) is 0 Å². The van der Waals surface area contributed by atoms with Gasteiger partial charge in [0.2, 0.25) is 0 Å². The maximum absolute atomic E-state index is 12.5. The highest BCUT2D eigenvalue weighted by atomic mass is 32.1. The number of carbonyl (C=O) groups excluding carboxylic acids is 1. The smallest absolute Gasteiger partial charge is 0.346 e. The zero-order valence-corrected chi connectivity index (χ0v) is 13.0. The molecular formula is C16H16N2O3S. The largest absolute Gasteiger partial charge is 0.477 e. The number of hydrogen-bond donors (Lipinski definition) is 2. The van der Waals surface area contributed by atoms with Crippen molar-refractivity contribution in [1.82, 2.24) is 4.98 Å². The number of rotatable bonds is 3. The van der Waals surface area contributed by atoms with Crippen LogP contribution in [0.25, 0.3) is 0 Å². The van der Waals surface area contributed by atoms with Crippen LogP contribution in [0.4, 0.5) is 5.82 Å². The molecule has 2 N–H and O–H groups in total. The molecule has 2 heterocycles. The number of nitrogens with zero attached hydrogens (tertiary/aromatic N) is 1. The van der Waals surface area contributed by atoms with Gasteiger partial charge in [0.05, 0.1) is 4.88 Å². The van der Waals surface area contributed by atoms with Crippen LogP contribution >= 0.6 is 11.3 Å². The van der Waals surface area contributed by atoms with E-state index in [0.717, 1.165) is 53.7 Å². The average molecular weight is 316 g/mol. The van der Waals surface area contributed by atoms with Gasteiger partial charge in [-0.3, -0.25) is 4.79 Å². The number of aromatic nitrogens is 1. The van der Waals surface area contributed by atoms with E-state index in [2.05, 4.69) is 10.3 Å². The Morgan fingerprint density at radius 1 is 1.23 bits per heavy atom. The molecule has 0 saturated heterocycles. The van der Waals surface area contributed by atoms with Crippen LogP contribution in [-0.2, 0) is 12.8 Å². The van der Waals surface area contributed by atoms with Gasteiger partial charge in [-0.2, -0.15) is 0 Å². The summed E-state index contributed by atoms with van der Waals surface area (Å²) in [5, 5.41) is 12.1. The van der Waals surface area contributed by atoms with Crippen LogP contribution in [0.15, 0.2) is 18.3 Å². The number of nitrogens with one attached hydrogen (secondary N) is 1. The Morgan fingerprint density at radius 2 is 1.91 bits per heavy atom. The Morgan fingerprint density at radius 3 is 2.55 bits per heavy atom. The lowest BCUT2D eigenvalue weighted by Gasteiger charge is -2.13. The molecule has 0 fully saturated rings. The third kappa shape index (κ3) is 2.62. The highest BCUT2D eigenvalue weighted by Crippen LogP contribution is 2.35. The number of carboxylic acid groups (broad SMARTS) is 1. The number of fused-ring (bicyclic) bond motifs is 1. The van der Waals surface area contributed by atoms with Gasteiger partial charge in [-0.15, -0.1) is 11.3 Å². The Kier molecular flexibility index (Phi) is 3.94. The van der Waals surface area contributed by atoms with E-state index in [1.165, 1.54) is 0 Å². The maximum atomic E-state index is 12.5. The number of aromatic carboxylic acids is 1. The molecule has 1 amide bonds. The molecule has 2 aromatic heterocycles. The van der Waals surface area contributed by atoms with Gasteiger partial charge >= 0.3 is 5.97 Å². The summed E-state index contributed by atoms with van der Waals surface area (Å²) in [6.07, 6.45) is 5.09. The van der Waals surface area contributed by atoms with Crippen LogP contribution in [0.2, 0.25) is 0 Å². The van der Waals surface area contributed by atoms with Gasteiger partial charge in [0, 0.05) is 6.20 Å². The fourth-order valence-electron chi connectivity index (χ4n) is 2.77. The van der Waals surface area contributed by atoms with Crippen molar-refractivity contribution in [3.05, 3.63) is 44.8 Å². The summed E-state index contributed by atoms with van der Waals surface area (Å²) in [5.41, 5.74) is 2.62. The summed E-state index contributed by atoms with van der Waals surface area (Å²) in [7, 11) is 0. The van der Waals surface area contributed by atoms with Crippen molar-refractivity contribution in [2.75, 3.05) is 5.32 Å². The molecule has 0 bridgehead atoms. The monoisotopic (exact) mass is 316 g/mol. The summed E-state index contributed by atoms with van der Waals surface area (Å²) < 4.78 is 0. The average Bonchev–Trinajstić information content (AvgIpc) is 2.89. The Bertz CT molecular complexity index is 752. The summed E-state index contributed by atoms with van der Waals surface area (Å²) in [4.78, 5) is 28.9. The first-order valence-corrected chi connectivity index (χ1v) is 8.00. The van der Waals surface area contributed by atoms with Crippen LogP contribution in [0.5, 0.6) is 0 Å². The van der Waals surface area contributed by atoms with Crippen molar-refractivity contribution in [2.45, 2.75) is 32.6 Å². The van der Waals surface area contributed by atoms with Crippen LogP contribution in [-0.4, -0.2) is 22.0 Å². The molecule has 0 atom stereocenters. The van der Waals surface area contributed by atoms with Crippen molar-refractivity contribution in [3.63, 3.8) is 0 Å². The van der Waals surface area contributed by atoms with E-state index in [-0.39, 0.29) is 5.91 Å². The summed E-state index contributed by atoms with van der Waals surface area (Å²) >= 11 is 1.08. The predicted molar refractivity (Wildman–Crippen MR) is 84.8 cm³/mol. The zero-order valence-electron chi connectivity index (χ0n) is 12.2. The highest BCUT2D eigenvalue weighted by Gasteiger charge is 2.27. The predicted octanol–water partition coefficient (Wildman–Crippen LogP) is 3.28. The Balaban J connectivity index is 1.96. The molecule has 114 valence electrons. The lowest BCUT2D eigenvalue weighted by Crippen LogP contribution is -2.15. The summed E-state index contributed by atoms with van der Waals surface area (Å²) in [6.45, 7) is 1.87. The summed E-state index contributed by atoms with van der Waals surface area (Å²) in [5.74, 6) is -0.698. The van der Waals surface area contributed by atoms with Crippen LogP contribution in [0.1, 0.15) is 48.9 Å². The molecule has 6 heteroatoms. The molecule has 0 aliphatic heterocycles. The molecule has 5 nitrogen and oxygen atoms in total. The molecule has 0 radical (unpaired) electrons. The number of amides is 1. The van der Waals surface area contributed by atoms with Gasteiger partial charge in [-0.25, -0.2) is 9.78 Å². The van der Waals surface area contributed by atoms with E-state index in [0.29, 0.717) is 15.6 Å². The normalized spacial score (nSPS) is 13.5. The third-order valence-corrected chi connectivity index (χ3v) is 5.12. The number of anilines is 1. The molecule has 1 aliphatic carbocycles. The fourth-order valence-corrected chi connectivity index (χ4v) is 3.90. The highest BCUT2D eigenvalue weighted by molar-refractivity contribution is 7.16. The molecule has 0 saturated carbocycles.